The Morgan fingerprint density at radius 2 is 0.422 bits per heavy atom. The lowest BCUT2D eigenvalue weighted by Crippen LogP contribution is -2.46. The molecule has 0 saturated carbocycles. The third kappa shape index (κ3) is 22.2. The maximum atomic E-state index is 13.9. The number of imidazole rings is 4. The van der Waals surface area contributed by atoms with Crippen LogP contribution < -0.4 is 19.6 Å². The predicted molar refractivity (Wildman–Crippen MR) is 521 cm³/mol. The molecule has 0 aliphatic carbocycles. The first kappa shape index (κ1) is 86.4. The molecule has 4 saturated heterocycles. The zero-order valence-electron chi connectivity index (χ0n) is 73.0. The zero-order valence-corrected chi connectivity index (χ0v) is 73.0. The van der Waals surface area contributed by atoms with Crippen molar-refractivity contribution in [2.45, 2.75) is 53.9 Å². The van der Waals surface area contributed by atoms with Crippen LogP contribution in [-0.2, 0) is 26.2 Å². The number of anilines is 4. The first-order valence-corrected chi connectivity index (χ1v) is 44.4. The molecule has 4 fully saturated rings. The van der Waals surface area contributed by atoms with Crippen LogP contribution in [0.15, 0.2) is 315 Å². The number of aryl methyl sites for hydroxylation is 4. The molecule has 0 bridgehead atoms. The molecular weight excluding hydrogens is 1600 g/mol. The molecule has 0 unspecified atom stereocenters. The molecule has 12 aromatic carbocycles. The van der Waals surface area contributed by atoms with E-state index < -0.39 is 0 Å². The van der Waals surface area contributed by atoms with E-state index in [1.54, 1.807) is 24.3 Å². The highest BCUT2D eigenvalue weighted by Crippen LogP contribution is 2.37. The summed E-state index contributed by atoms with van der Waals surface area (Å²) in [5, 5.41) is 0. The number of rotatable bonds is 20. The van der Waals surface area contributed by atoms with Gasteiger partial charge in [0.2, 0.25) is 0 Å². The van der Waals surface area contributed by atoms with Crippen molar-refractivity contribution in [1.29, 1.82) is 0 Å². The van der Waals surface area contributed by atoms with Crippen molar-refractivity contribution in [3.8, 4) is 90.1 Å². The number of nitrogens with zero attached hydrogens (tertiary/aromatic N) is 12. The smallest absolute Gasteiger partial charge is 0.123 e. The number of H-pyrrole nitrogens is 4. The Morgan fingerprint density at radius 1 is 0.219 bits per heavy atom. The molecule has 20 heteroatoms. The van der Waals surface area contributed by atoms with Crippen LogP contribution in [0, 0.1) is 51.0 Å². The van der Waals surface area contributed by atoms with Gasteiger partial charge in [-0.2, -0.15) is 0 Å². The summed E-state index contributed by atoms with van der Waals surface area (Å²) < 4.78 is 55.7. The number of piperazine rings is 4. The zero-order chi connectivity index (χ0) is 87.7. The fourth-order valence-electron chi connectivity index (χ4n) is 17.4. The van der Waals surface area contributed by atoms with Crippen LogP contribution in [0.5, 0.6) is 0 Å². The Hall–Kier alpha value is -13.8. The summed E-state index contributed by atoms with van der Waals surface area (Å²) in [6.07, 6.45) is 0. The van der Waals surface area contributed by atoms with Gasteiger partial charge in [-0.3, -0.25) is 19.6 Å². The van der Waals surface area contributed by atoms with Crippen molar-refractivity contribution < 1.29 is 23.3 Å². The molecule has 0 spiro atoms. The fourth-order valence-corrected chi connectivity index (χ4v) is 17.4. The van der Waals surface area contributed by atoms with E-state index in [0.717, 1.165) is 175 Å². The summed E-state index contributed by atoms with van der Waals surface area (Å²) in [7, 11) is 0. The summed E-state index contributed by atoms with van der Waals surface area (Å²) in [5.74, 6) is 2.35. The van der Waals surface area contributed by atoms with Gasteiger partial charge in [-0.05, 0) is 147 Å². The number of aromatic amines is 4. The van der Waals surface area contributed by atoms with Crippen LogP contribution in [0.1, 0.15) is 51.3 Å². The quantitative estimate of drug-likeness (QED) is 0.0540. The summed E-state index contributed by atoms with van der Waals surface area (Å²) in [4.78, 5) is 53.2. The largest absolute Gasteiger partial charge is 0.369 e. The van der Waals surface area contributed by atoms with Gasteiger partial charge in [-0.1, -0.05) is 218 Å². The molecule has 0 atom stereocenters. The second-order valence-corrected chi connectivity index (χ2v) is 33.5. The van der Waals surface area contributed by atoms with Crippen LogP contribution in [0.2, 0.25) is 0 Å². The van der Waals surface area contributed by atoms with E-state index in [9.17, 15) is 17.6 Å². The summed E-state index contributed by atoms with van der Waals surface area (Å²) in [6, 6.07) is 102. The highest BCUT2D eigenvalue weighted by molar-refractivity contribution is 5.82. The summed E-state index contributed by atoms with van der Waals surface area (Å²) in [6.45, 7) is 27.3. The average molecular weight is 1710 g/mol. The van der Waals surface area contributed by atoms with E-state index in [1.807, 2.05) is 36.4 Å². The number of benzene rings is 12. The SMILES string of the molecule is Cc1cccc(N2CCN(Cc3nc(-c4cccc(F)c4)c(-c4cccc(F)c4)[nH]3)CC2)c1.Cc1cccc(N2CCN(Cc3nc(-c4cccc(F)c4)c(-c4cccc(F)c4)[nH]3)CC2)c1.Cc1cccc(N2CCN(Cc3nc(-c4ccccc4)c(-c4ccccc4)[nH]3)CC2)c1.Cc1cccc(N2CCN(Cc3nc(-c4ccccc4)c(-c4ccccc4)[nH]3)CC2)c1.[HH].[HH].[HH].[HH]. The molecule has 0 amide bonds. The van der Waals surface area contributed by atoms with Gasteiger partial charge in [0.25, 0.3) is 0 Å². The molecule has 656 valence electrons. The van der Waals surface area contributed by atoms with Crippen LogP contribution in [0.3, 0.4) is 0 Å². The van der Waals surface area contributed by atoms with Crippen molar-refractivity contribution in [1.82, 2.24) is 59.5 Å². The maximum absolute atomic E-state index is 13.9. The molecule has 16 aromatic rings. The second kappa shape index (κ2) is 41.1. The lowest BCUT2D eigenvalue weighted by Gasteiger charge is -2.35. The van der Waals surface area contributed by atoms with Crippen molar-refractivity contribution in [2.75, 3.05) is 124 Å². The minimum atomic E-state index is -0.325. The second-order valence-electron chi connectivity index (χ2n) is 33.5. The Morgan fingerprint density at radius 3 is 0.664 bits per heavy atom. The van der Waals surface area contributed by atoms with Gasteiger partial charge in [-0.15, -0.1) is 0 Å². The van der Waals surface area contributed by atoms with Crippen LogP contribution in [-0.4, -0.2) is 164 Å². The Balaban J connectivity index is 0.000000148. The van der Waals surface area contributed by atoms with Crippen LogP contribution in [0.25, 0.3) is 90.1 Å². The molecule has 4 N–H and O–H groups in total. The monoisotopic (exact) mass is 1710 g/mol. The van der Waals surface area contributed by atoms with Gasteiger partial charge in [0.15, 0.2) is 0 Å². The van der Waals surface area contributed by atoms with Gasteiger partial charge in [0.1, 0.15) is 46.6 Å². The van der Waals surface area contributed by atoms with E-state index in [2.05, 4.69) is 293 Å². The molecule has 0 radical (unpaired) electrons. The van der Waals surface area contributed by atoms with E-state index in [1.165, 1.54) is 105 Å². The topological polar surface area (TPSA) is 141 Å². The third-order valence-corrected chi connectivity index (χ3v) is 24.1. The van der Waals surface area contributed by atoms with Crippen LogP contribution >= 0.6 is 0 Å². The first-order chi connectivity index (χ1) is 62.6. The Bertz CT molecular complexity index is 5700. The number of hydrogen-bond donors (Lipinski definition) is 4. The van der Waals surface area contributed by atoms with Crippen molar-refractivity contribution >= 4 is 22.7 Å². The van der Waals surface area contributed by atoms with E-state index >= 15 is 0 Å². The number of aromatic nitrogens is 8. The molecule has 16 nitrogen and oxygen atoms in total. The fraction of sp³-hybridized carbons (Fsp3) is 0.222. The Kier molecular flexibility index (Phi) is 27.8. The van der Waals surface area contributed by atoms with Crippen LogP contribution in [0.4, 0.5) is 40.3 Å². The van der Waals surface area contributed by atoms with E-state index in [4.69, 9.17) is 19.9 Å². The van der Waals surface area contributed by atoms with Crippen molar-refractivity contribution in [2.24, 2.45) is 0 Å². The number of hydrogen-bond acceptors (Lipinski definition) is 12. The molecule has 4 aromatic heterocycles. The first-order valence-electron chi connectivity index (χ1n) is 44.4. The van der Waals surface area contributed by atoms with Crippen molar-refractivity contribution in [3.63, 3.8) is 0 Å². The summed E-state index contributed by atoms with van der Waals surface area (Å²) in [5.41, 5.74) is 24.6. The van der Waals surface area contributed by atoms with Gasteiger partial charge in [0, 0.05) is 178 Å². The van der Waals surface area contributed by atoms with E-state index in [0.29, 0.717) is 58.1 Å². The maximum Gasteiger partial charge on any atom is 0.123 e. The minimum Gasteiger partial charge on any atom is -0.369 e. The molecular formula is C108H116F4N16. The lowest BCUT2D eigenvalue weighted by molar-refractivity contribution is 0.245. The third-order valence-electron chi connectivity index (χ3n) is 24.1. The standard InChI is InChI=1S/2C27H26F2N4.2C27H28N4.4H2/c2*1-19-5-2-10-24(15-19)33-13-11-32(12-14-33)18-25-30-26(20-6-3-8-22(28)16-20)27(31-25)21-7-4-9-23(29)17-21;2*1-21-9-8-14-24(19-21)31-17-15-30(16-18-31)20-25-28-26(22-10-4-2-5-11-22)27(29-25)23-12-6-3-7-13-23;;;;/h2*2-10,15-17H,11-14,18H2,1H3,(H,30,31);2*2-14,19H,15-18,20H2,1H3,(H,28,29);4*1H. The average Bonchev–Trinajstić information content (AvgIpc) is 1.86. The highest BCUT2D eigenvalue weighted by atomic mass is 19.1. The number of nitrogens with one attached hydrogen (secondary N) is 4. The van der Waals surface area contributed by atoms with Gasteiger partial charge >= 0.3 is 0 Å². The van der Waals surface area contributed by atoms with Gasteiger partial charge in [-0.25, -0.2) is 37.5 Å². The van der Waals surface area contributed by atoms with E-state index in [-0.39, 0.29) is 29.0 Å². The molecule has 4 aliphatic heterocycles. The molecule has 20 rings (SSSR count). The Labute approximate surface area is 753 Å². The highest BCUT2D eigenvalue weighted by Gasteiger charge is 2.27. The van der Waals surface area contributed by atoms with Gasteiger partial charge < -0.3 is 39.5 Å². The molecule has 128 heavy (non-hydrogen) atoms. The molecule has 8 heterocycles. The summed E-state index contributed by atoms with van der Waals surface area (Å²) >= 11 is 0. The minimum absolute atomic E-state index is 0. The predicted octanol–water partition coefficient (Wildman–Crippen LogP) is 23.0. The lowest BCUT2D eigenvalue weighted by atomic mass is 10.0. The number of halogens is 4. The van der Waals surface area contributed by atoms with Crippen molar-refractivity contribution in [3.05, 3.63) is 384 Å². The molecule has 4 aliphatic rings. The van der Waals surface area contributed by atoms with Gasteiger partial charge in [0.05, 0.1) is 71.7 Å². The normalized spacial score (nSPS) is 14.6.